The first-order valence-electron chi connectivity index (χ1n) is 5.37. The summed E-state index contributed by atoms with van der Waals surface area (Å²) in [5, 5.41) is -1.78. The molecule has 2 nitrogen and oxygen atoms in total. The zero-order valence-electron chi connectivity index (χ0n) is 9.74. The van der Waals surface area contributed by atoms with Crippen LogP contribution in [0.5, 0.6) is 0 Å². The molecule has 18 heavy (non-hydrogen) atoms. The molecule has 0 aliphatic heterocycles. The largest absolute Gasteiger partial charge is 0.466 e. The third-order valence-corrected chi connectivity index (χ3v) is 3.31. The first-order valence-corrected chi connectivity index (χ1v) is 6.25. The maximum absolute atomic E-state index is 12.8. The van der Waals surface area contributed by atoms with Crippen LogP contribution in [0.15, 0.2) is 35.2 Å². The minimum Gasteiger partial charge on any atom is -0.466 e. The van der Waals surface area contributed by atoms with E-state index in [1.54, 1.807) is 37.3 Å². The normalized spacial score (nSPS) is 13.1. The van der Waals surface area contributed by atoms with E-state index >= 15 is 0 Å². The number of halogens is 3. The number of rotatable bonds is 5. The van der Waals surface area contributed by atoms with Crippen LogP contribution in [0.1, 0.15) is 13.3 Å². The van der Waals surface area contributed by atoms with Gasteiger partial charge >= 0.3 is 12.1 Å². The van der Waals surface area contributed by atoms with Gasteiger partial charge < -0.3 is 4.74 Å². The Morgan fingerprint density at radius 2 is 1.94 bits per heavy atom. The molecule has 0 aliphatic rings. The maximum Gasteiger partial charge on any atom is 0.401 e. The molecule has 1 rings (SSSR count). The minimum absolute atomic E-state index is 0.0828. The number of esters is 1. The summed E-state index contributed by atoms with van der Waals surface area (Å²) in [6.45, 7) is 1.64. The van der Waals surface area contributed by atoms with E-state index < -0.39 is 23.8 Å². The van der Waals surface area contributed by atoms with Crippen LogP contribution in [0.3, 0.4) is 0 Å². The summed E-state index contributed by atoms with van der Waals surface area (Å²) < 4.78 is 42.9. The van der Waals surface area contributed by atoms with Crippen molar-refractivity contribution in [1.82, 2.24) is 0 Å². The SMILES string of the molecule is CCOC(=O)C[C@H](Sc1ccccc1)C(F)(F)F. The van der Waals surface area contributed by atoms with Gasteiger partial charge in [0.05, 0.1) is 13.0 Å². The van der Waals surface area contributed by atoms with Gasteiger partial charge in [-0.3, -0.25) is 4.79 Å². The quantitative estimate of drug-likeness (QED) is 0.607. The Morgan fingerprint density at radius 3 is 2.44 bits per heavy atom. The van der Waals surface area contributed by atoms with E-state index in [-0.39, 0.29) is 6.61 Å². The Balaban J connectivity index is 2.71. The molecule has 0 aromatic heterocycles. The Morgan fingerprint density at radius 1 is 1.33 bits per heavy atom. The van der Waals surface area contributed by atoms with Gasteiger partial charge in [-0.05, 0) is 19.1 Å². The molecule has 1 atom stereocenters. The second-order valence-electron chi connectivity index (χ2n) is 3.47. The molecular weight excluding hydrogens is 265 g/mol. The predicted molar refractivity (Wildman–Crippen MR) is 63.4 cm³/mol. The lowest BCUT2D eigenvalue weighted by Crippen LogP contribution is -2.29. The highest BCUT2D eigenvalue weighted by Crippen LogP contribution is 2.37. The lowest BCUT2D eigenvalue weighted by Gasteiger charge is -2.18. The van der Waals surface area contributed by atoms with E-state index in [2.05, 4.69) is 4.74 Å². The number of benzene rings is 1. The molecule has 0 radical (unpaired) electrons. The Hall–Kier alpha value is -1.17. The number of thioether (sulfide) groups is 1. The summed E-state index contributed by atoms with van der Waals surface area (Å²) in [5.41, 5.74) is 0. The molecule has 0 spiro atoms. The number of alkyl halides is 3. The number of hydrogen-bond donors (Lipinski definition) is 0. The van der Waals surface area contributed by atoms with Crippen molar-refractivity contribution in [3.8, 4) is 0 Å². The average Bonchev–Trinajstić information content (AvgIpc) is 2.28. The third kappa shape index (κ3) is 5.00. The smallest absolute Gasteiger partial charge is 0.401 e. The summed E-state index contributed by atoms with van der Waals surface area (Å²) in [5.74, 6) is -0.830. The summed E-state index contributed by atoms with van der Waals surface area (Å²) in [4.78, 5) is 11.6. The Kier molecular flexibility index (Phi) is 5.53. The van der Waals surface area contributed by atoms with Crippen LogP contribution in [0.4, 0.5) is 13.2 Å². The number of carbonyl (C=O) groups excluding carboxylic acids is 1. The highest BCUT2D eigenvalue weighted by Gasteiger charge is 2.42. The average molecular weight is 278 g/mol. The molecule has 0 saturated carbocycles. The minimum atomic E-state index is -4.44. The highest BCUT2D eigenvalue weighted by atomic mass is 32.2. The fraction of sp³-hybridized carbons (Fsp3) is 0.417. The molecule has 0 amide bonds. The molecular formula is C12H13F3O2S. The number of hydrogen-bond acceptors (Lipinski definition) is 3. The molecule has 0 aliphatic carbocycles. The molecule has 0 saturated heterocycles. The summed E-state index contributed by atoms with van der Waals surface area (Å²) in [6, 6.07) is 8.18. The van der Waals surface area contributed by atoms with Crippen molar-refractivity contribution < 1.29 is 22.7 Å². The number of carbonyl (C=O) groups is 1. The van der Waals surface area contributed by atoms with Crippen molar-refractivity contribution in [1.29, 1.82) is 0 Å². The monoisotopic (exact) mass is 278 g/mol. The van der Waals surface area contributed by atoms with Crippen LogP contribution in [-0.4, -0.2) is 24.0 Å². The van der Waals surface area contributed by atoms with Gasteiger partial charge in [-0.25, -0.2) is 0 Å². The van der Waals surface area contributed by atoms with E-state index in [9.17, 15) is 18.0 Å². The standard InChI is InChI=1S/C12H13F3O2S/c1-2-17-11(16)8-10(12(13,14)15)18-9-6-4-3-5-7-9/h3-7,10H,2,8H2,1H3/t10-/m0/s1. The molecule has 0 bridgehead atoms. The summed E-state index contributed by atoms with van der Waals surface area (Å²) >= 11 is 0.624. The van der Waals surface area contributed by atoms with Crippen molar-refractivity contribution in [2.75, 3.05) is 6.61 Å². The van der Waals surface area contributed by atoms with Crippen LogP contribution in [0.25, 0.3) is 0 Å². The van der Waals surface area contributed by atoms with E-state index in [1.807, 2.05) is 0 Å². The third-order valence-electron chi connectivity index (χ3n) is 2.04. The second kappa shape index (κ2) is 6.68. The summed E-state index contributed by atoms with van der Waals surface area (Å²) in [6.07, 6.45) is -5.11. The molecule has 100 valence electrons. The van der Waals surface area contributed by atoms with Crippen LogP contribution in [0.2, 0.25) is 0 Å². The van der Waals surface area contributed by atoms with Gasteiger partial charge in [-0.2, -0.15) is 13.2 Å². The lowest BCUT2D eigenvalue weighted by molar-refractivity contribution is -0.154. The van der Waals surface area contributed by atoms with E-state index in [0.717, 1.165) is 0 Å². The van der Waals surface area contributed by atoms with Gasteiger partial charge in [-0.1, -0.05) is 18.2 Å². The first-order chi connectivity index (χ1) is 8.43. The zero-order chi connectivity index (χ0) is 13.6. The Bertz CT molecular complexity index is 379. The van der Waals surface area contributed by atoms with Crippen molar-refractivity contribution in [3.05, 3.63) is 30.3 Å². The van der Waals surface area contributed by atoms with Crippen molar-refractivity contribution >= 4 is 17.7 Å². The fourth-order valence-electron chi connectivity index (χ4n) is 1.26. The van der Waals surface area contributed by atoms with Crippen LogP contribution >= 0.6 is 11.8 Å². The first kappa shape index (κ1) is 14.9. The highest BCUT2D eigenvalue weighted by molar-refractivity contribution is 8.00. The molecule has 6 heteroatoms. The van der Waals surface area contributed by atoms with Gasteiger partial charge in [0, 0.05) is 4.90 Å². The van der Waals surface area contributed by atoms with Crippen LogP contribution in [-0.2, 0) is 9.53 Å². The van der Waals surface area contributed by atoms with Gasteiger partial charge in [-0.15, -0.1) is 11.8 Å². The Labute approximate surface area is 108 Å². The fourth-order valence-corrected chi connectivity index (χ4v) is 2.25. The molecule has 0 fully saturated rings. The summed E-state index contributed by atoms with van der Waals surface area (Å²) in [7, 11) is 0. The van der Waals surface area contributed by atoms with Gasteiger partial charge in [0.15, 0.2) is 0 Å². The number of ether oxygens (including phenoxy) is 1. The zero-order valence-corrected chi connectivity index (χ0v) is 10.6. The second-order valence-corrected chi connectivity index (χ2v) is 4.75. The molecule has 1 aromatic rings. The molecule has 0 heterocycles. The van der Waals surface area contributed by atoms with Crippen molar-refractivity contribution in [3.63, 3.8) is 0 Å². The van der Waals surface area contributed by atoms with Gasteiger partial charge in [0.2, 0.25) is 0 Å². The molecule has 0 N–H and O–H groups in total. The predicted octanol–water partition coefficient (Wildman–Crippen LogP) is 3.66. The maximum atomic E-state index is 12.8. The van der Waals surface area contributed by atoms with Gasteiger partial charge in [0.1, 0.15) is 5.25 Å². The van der Waals surface area contributed by atoms with E-state index in [0.29, 0.717) is 16.7 Å². The molecule has 1 aromatic carbocycles. The van der Waals surface area contributed by atoms with Crippen LogP contribution in [0, 0.1) is 0 Å². The van der Waals surface area contributed by atoms with Crippen LogP contribution < -0.4 is 0 Å². The topological polar surface area (TPSA) is 26.3 Å². The van der Waals surface area contributed by atoms with E-state index in [4.69, 9.17) is 0 Å². The van der Waals surface area contributed by atoms with Crippen molar-refractivity contribution in [2.24, 2.45) is 0 Å². The lowest BCUT2D eigenvalue weighted by atomic mass is 10.3. The molecule has 0 unspecified atom stereocenters. The van der Waals surface area contributed by atoms with E-state index in [1.165, 1.54) is 0 Å². The van der Waals surface area contributed by atoms with Crippen molar-refractivity contribution in [2.45, 2.75) is 29.7 Å². The van der Waals surface area contributed by atoms with Gasteiger partial charge in [0.25, 0.3) is 0 Å².